The lowest BCUT2D eigenvalue weighted by Gasteiger charge is -2.17. The molecule has 1 amide bonds. The molecule has 7 heteroatoms. The van der Waals surface area contributed by atoms with Gasteiger partial charge >= 0.3 is 5.97 Å². The molecular weight excluding hydrogens is 272 g/mol. The topological polar surface area (TPSA) is 97.1 Å². The first-order valence-corrected chi connectivity index (χ1v) is 6.48. The van der Waals surface area contributed by atoms with Gasteiger partial charge in [-0.15, -0.1) is 10.2 Å². The van der Waals surface area contributed by atoms with Crippen molar-refractivity contribution in [3.63, 3.8) is 0 Å². The zero-order valence-corrected chi connectivity index (χ0v) is 11.7. The third-order valence-corrected chi connectivity index (χ3v) is 3.07. The second-order valence-electron chi connectivity index (χ2n) is 4.95. The fraction of sp³-hybridized carbons (Fsp3) is 0.286. The first-order chi connectivity index (χ1) is 9.99. The Kier molecular flexibility index (Phi) is 4.32. The Morgan fingerprint density at radius 2 is 1.71 bits per heavy atom. The largest absolute Gasteiger partial charge is 0.480 e. The second kappa shape index (κ2) is 6.17. The SMILES string of the molecule is CC(C)[C@H](NC(=O)c1ccc(-n2cnnc2)cc1)C(=O)O. The fourth-order valence-corrected chi connectivity index (χ4v) is 1.86. The van der Waals surface area contributed by atoms with Crippen LogP contribution in [0.15, 0.2) is 36.9 Å². The minimum Gasteiger partial charge on any atom is -0.480 e. The number of amides is 1. The molecule has 21 heavy (non-hydrogen) atoms. The lowest BCUT2D eigenvalue weighted by molar-refractivity contribution is -0.140. The van der Waals surface area contributed by atoms with Crippen molar-refractivity contribution in [2.75, 3.05) is 0 Å². The van der Waals surface area contributed by atoms with Gasteiger partial charge in [-0.25, -0.2) is 4.79 Å². The maximum absolute atomic E-state index is 12.1. The first kappa shape index (κ1) is 14.7. The van der Waals surface area contributed by atoms with Crippen LogP contribution in [0.3, 0.4) is 0 Å². The highest BCUT2D eigenvalue weighted by molar-refractivity contribution is 5.96. The Labute approximate surface area is 121 Å². The number of hydrogen-bond donors (Lipinski definition) is 2. The zero-order valence-electron chi connectivity index (χ0n) is 11.7. The highest BCUT2D eigenvalue weighted by atomic mass is 16.4. The molecule has 2 N–H and O–H groups in total. The molecule has 2 rings (SSSR count). The van der Waals surface area contributed by atoms with Crippen molar-refractivity contribution < 1.29 is 14.7 Å². The van der Waals surface area contributed by atoms with Crippen molar-refractivity contribution in [1.29, 1.82) is 0 Å². The highest BCUT2D eigenvalue weighted by Gasteiger charge is 2.23. The van der Waals surface area contributed by atoms with Crippen LogP contribution in [-0.2, 0) is 4.79 Å². The number of carbonyl (C=O) groups excluding carboxylic acids is 1. The molecule has 0 spiro atoms. The van der Waals surface area contributed by atoms with Gasteiger partial charge < -0.3 is 10.4 Å². The number of aliphatic carboxylic acids is 1. The Hall–Kier alpha value is -2.70. The maximum atomic E-state index is 12.1. The summed E-state index contributed by atoms with van der Waals surface area (Å²) in [5, 5.41) is 19.0. The van der Waals surface area contributed by atoms with Gasteiger partial charge in [-0.1, -0.05) is 13.8 Å². The van der Waals surface area contributed by atoms with Crippen molar-refractivity contribution in [2.24, 2.45) is 5.92 Å². The average molecular weight is 288 g/mol. The Morgan fingerprint density at radius 3 is 2.19 bits per heavy atom. The van der Waals surface area contributed by atoms with Crippen LogP contribution in [0.4, 0.5) is 0 Å². The van der Waals surface area contributed by atoms with Crippen LogP contribution < -0.4 is 5.32 Å². The summed E-state index contributed by atoms with van der Waals surface area (Å²) in [4.78, 5) is 23.1. The molecule has 7 nitrogen and oxygen atoms in total. The number of benzene rings is 1. The normalized spacial score (nSPS) is 12.1. The molecule has 0 aliphatic rings. The van der Waals surface area contributed by atoms with Gasteiger partial charge in [0.15, 0.2) is 0 Å². The van der Waals surface area contributed by atoms with Crippen molar-refractivity contribution in [1.82, 2.24) is 20.1 Å². The molecular formula is C14H16N4O3. The van der Waals surface area contributed by atoms with Gasteiger partial charge in [0.2, 0.25) is 0 Å². The summed E-state index contributed by atoms with van der Waals surface area (Å²) < 4.78 is 1.70. The minimum absolute atomic E-state index is 0.192. The number of carbonyl (C=O) groups is 2. The van der Waals surface area contributed by atoms with E-state index in [1.165, 1.54) is 0 Å². The molecule has 0 aliphatic carbocycles. The number of carboxylic acids is 1. The standard InChI is InChI=1S/C14H16N4O3/c1-9(2)12(14(20)21)17-13(19)10-3-5-11(6-4-10)18-7-15-16-8-18/h3-9,12H,1-2H3,(H,17,19)(H,20,21)/t12-/m0/s1. The number of aromatic nitrogens is 3. The smallest absolute Gasteiger partial charge is 0.326 e. The van der Waals surface area contributed by atoms with E-state index in [1.807, 2.05) is 0 Å². The number of hydrogen-bond acceptors (Lipinski definition) is 4. The van der Waals surface area contributed by atoms with Gasteiger partial charge in [-0.3, -0.25) is 9.36 Å². The molecule has 110 valence electrons. The predicted octanol–water partition coefficient (Wildman–Crippen LogP) is 1.11. The minimum atomic E-state index is -1.04. The van der Waals surface area contributed by atoms with Gasteiger partial charge in [-0.05, 0) is 30.2 Å². The van der Waals surface area contributed by atoms with Crippen LogP contribution in [-0.4, -0.2) is 37.8 Å². The van der Waals surface area contributed by atoms with Crippen LogP contribution >= 0.6 is 0 Å². The van der Waals surface area contributed by atoms with E-state index >= 15 is 0 Å². The summed E-state index contributed by atoms with van der Waals surface area (Å²) in [7, 11) is 0. The summed E-state index contributed by atoms with van der Waals surface area (Å²) in [5.41, 5.74) is 1.22. The van der Waals surface area contributed by atoms with Crippen molar-refractivity contribution in [3.05, 3.63) is 42.5 Å². The number of rotatable bonds is 5. The van der Waals surface area contributed by atoms with Crippen LogP contribution in [0.2, 0.25) is 0 Å². The number of carboxylic acid groups (broad SMARTS) is 1. The summed E-state index contributed by atoms with van der Waals surface area (Å²) in [6, 6.07) is 5.83. The predicted molar refractivity (Wildman–Crippen MR) is 75.1 cm³/mol. The lowest BCUT2D eigenvalue weighted by atomic mass is 10.0. The highest BCUT2D eigenvalue weighted by Crippen LogP contribution is 2.10. The van der Waals surface area contributed by atoms with Gasteiger partial charge in [0.25, 0.3) is 5.91 Å². The second-order valence-corrected chi connectivity index (χ2v) is 4.95. The maximum Gasteiger partial charge on any atom is 0.326 e. The monoisotopic (exact) mass is 288 g/mol. The molecule has 1 aromatic carbocycles. The van der Waals surface area contributed by atoms with E-state index < -0.39 is 17.9 Å². The van der Waals surface area contributed by atoms with E-state index in [4.69, 9.17) is 5.11 Å². The van der Waals surface area contributed by atoms with Crippen molar-refractivity contribution >= 4 is 11.9 Å². The zero-order chi connectivity index (χ0) is 15.4. The van der Waals surface area contributed by atoms with Crippen molar-refractivity contribution in [2.45, 2.75) is 19.9 Å². The van der Waals surface area contributed by atoms with Crippen LogP contribution in [0, 0.1) is 5.92 Å². The fourth-order valence-electron chi connectivity index (χ4n) is 1.86. The molecule has 0 saturated heterocycles. The third kappa shape index (κ3) is 3.44. The van der Waals surface area contributed by atoms with E-state index in [1.54, 1.807) is 55.3 Å². The summed E-state index contributed by atoms with van der Waals surface area (Å²) >= 11 is 0. The summed E-state index contributed by atoms with van der Waals surface area (Å²) in [5.74, 6) is -1.64. The van der Waals surface area contributed by atoms with E-state index in [0.29, 0.717) is 5.56 Å². The molecule has 0 aliphatic heterocycles. The number of nitrogens with zero attached hydrogens (tertiary/aromatic N) is 3. The quantitative estimate of drug-likeness (QED) is 0.859. The molecule has 1 atom stereocenters. The Bertz CT molecular complexity index is 620. The van der Waals surface area contributed by atoms with E-state index in [0.717, 1.165) is 5.69 Å². The molecule has 1 aromatic heterocycles. The molecule has 0 bridgehead atoms. The van der Waals surface area contributed by atoms with Crippen LogP contribution in [0.25, 0.3) is 5.69 Å². The molecule has 1 heterocycles. The van der Waals surface area contributed by atoms with Gasteiger partial charge in [0.05, 0.1) is 0 Å². The van der Waals surface area contributed by atoms with E-state index in [9.17, 15) is 9.59 Å². The van der Waals surface area contributed by atoms with Gasteiger partial charge in [-0.2, -0.15) is 0 Å². The molecule has 0 saturated carbocycles. The van der Waals surface area contributed by atoms with Crippen LogP contribution in [0.1, 0.15) is 24.2 Å². The van der Waals surface area contributed by atoms with Gasteiger partial charge in [0, 0.05) is 11.3 Å². The summed E-state index contributed by atoms with van der Waals surface area (Å²) in [6.07, 6.45) is 3.10. The third-order valence-electron chi connectivity index (χ3n) is 3.07. The Balaban J connectivity index is 2.11. The molecule has 2 aromatic rings. The van der Waals surface area contributed by atoms with Gasteiger partial charge in [0.1, 0.15) is 18.7 Å². The molecule has 0 unspecified atom stereocenters. The summed E-state index contributed by atoms with van der Waals surface area (Å²) in [6.45, 7) is 3.49. The van der Waals surface area contributed by atoms with Crippen LogP contribution in [0.5, 0.6) is 0 Å². The average Bonchev–Trinajstić information content (AvgIpc) is 2.98. The lowest BCUT2D eigenvalue weighted by Crippen LogP contribution is -2.44. The van der Waals surface area contributed by atoms with E-state index in [2.05, 4.69) is 15.5 Å². The van der Waals surface area contributed by atoms with E-state index in [-0.39, 0.29) is 5.92 Å². The van der Waals surface area contributed by atoms with Crippen molar-refractivity contribution in [3.8, 4) is 5.69 Å². The first-order valence-electron chi connectivity index (χ1n) is 6.48. The Morgan fingerprint density at radius 1 is 1.14 bits per heavy atom. The molecule has 0 fully saturated rings. The molecule has 0 radical (unpaired) electrons. The number of nitrogens with one attached hydrogen (secondary N) is 1.